The fourth-order valence-corrected chi connectivity index (χ4v) is 2.10. The van der Waals surface area contributed by atoms with E-state index in [9.17, 15) is 10.1 Å². The van der Waals surface area contributed by atoms with Crippen molar-refractivity contribution in [2.24, 2.45) is 0 Å². The van der Waals surface area contributed by atoms with Crippen LogP contribution in [-0.4, -0.2) is 9.97 Å². The molecule has 0 saturated carbocycles. The monoisotopic (exact) mass is 262 g/mol. The molecule has 5 heteroatoms. The molecule has 2 aromatic heterocycles. The number of aromatic nitrogens is 2. The minimum absolute atomic E-state index is 0.0442. The highest BCUT2D eigenvalue weighted by atomic mass is 16.1. The number of rotatable bonds is 1. The van der Waals surface area contributed by atoms with Crippen LogP contribution >= 0.6 is 0 Å². The van der Waals surface area contributed by atoms with Gasteiger partial charge in [-0.05, 0) is 12.1 Å². The Morgan fingerprint density at radius 3 is 2.60 bits per heavy atom. The number of nitriles is 1. The van der Waals surface area contributed by atoms with E-state index in [0.717, 1.165) is 5.56 Å². The Morgan fingerprint density at radius 1 is 1.15 bits per heavy atom. The Balaban J connectivity index is 2.36. The number of pyridine rings is 2. The summed E-state index contributed by atoms with van der Waals surface area (Å²) >= 11 is 0. The van der Waals surface area contributed by atoms with Crippen molar-refractivity contribution in [1.29, 1.82) is 5.26 Å². The van der Waals surface area contributed by atoms with Crippen LogP contribution in [0.2, 0.25) is 0 Å². The van der Waals surface area contributed by atoms with Crippen molar-refractivity contribution in [2.75, 3.05) is 5.73 Å². The van der Waals surface area contributed by atoms with Crippen LogP contribution in [0.5, 0.6) is 0 Å². The summed E-state index contributed by atoms with van der Waals surface area (Å²) in [4.78, 5) is 18.7. The molecule has 0 radical (unpaired) electrons. The minimum Gasteiger partial charge on any atom is -0.384 e. The highest BCUT2D eigenvalue weighted by Crippen LogP contribution is 2.22. The molecule has 0 aliphatic heterocycles. The van der Waals surface area contributed by atoms with Gasteiger partial charge in [-0.15, -0.1) is 0 Å². The van der Waals surface area contributed by atoms with E-state index < -0.39 is 0 Å². The van der Waals surface area contributed by atoms with Crippen LogP contribution in [0.15, 0.2) is 47.3 Å². The molecule has 5 nitrogen and oxygen atoms in total. The third-order valence-corrected chi connectivity index (χ3v) is 3.08. The molecule has 0 atom stereocenters. The largest absolute Gasteiger partial charge is 0.384 e. The molecule has 20 heavy (non-hydrogen) atoms. The number of nitrogens with zero attached hydrogens (tertiary/aromatic N) is 2. The molecule has 0 bridgehead atoms. The lowest BCUT2D eigenvalue weighted by Crippen LogP contribution is -2.12. The molecule has 1 aromatic carbocycles. The SMILES string of the molecule is N#Cc1c(N)[nH]c(=O)c2ccc(-c3ccccc3)nc12. The molecule has 0 saturated heterocycles. The van der Waals surface area contributed by atoms with Crippen LogP contribution in [-0.2, 0) is 0 Å². The summed E-state index contributed by atoms with van der Waals surface area (Å²) in [7, 11) is 0. The fraction of sp³-hybridized carbons (Fsp3) is 0. The van der Waals surface area contributed by atoms with Gasteiger partial charge in [0, 0.05) is 5.56 Å². The van der Waals surface area contributed by atoms with Gasteiger partial charge in [0.05, 0.1) is 16.6 Å². The fourth-order valence-electron chi connectivity index (χ4n) is 2.10. The zero-order valence-corrected chi connectivity index (χ0v) is 10.4. The number of nitrogen functional groups attached to an aromatic ring is 1. The Morgan fingerprint density at radius 2 is 1.90 bits per heavy atom. The van der Waals surface area contributed by atoms with Gasteiger partial charge in [-0.3, -0.25) is 4.79 Å². The number of anilines is 1. The van der Waals surface area contributed by atoms with Crippen molar-refractivity contribution in [3.05, 3.63) is 58.4 Å². The van der Waals surface area contributed by atoms with Crippen molar-refractivity contribution in [3.8, 4) is 17.3 Å². The van der Waals surface area contributed by atoms with Crippen molar-refractivity contribution >= 4 is 16.7 Å². The second kappa shape index (κ2) is 4.52. The Hall–Kier alpha value is -3.13. The Kier molecular flexibility index (Phi) is 2.70. The summed E-state index contributed by atoms with van der Waals surface area (Å²) in [5.74, 6) is 0.0442. The van der Waals surface area contributed by atoms with Gasteiger partial charge >= 0.3 is 0 Å². The van der Waals surface area contributed by atoms with Crippen LogP contribution in [0.3, 0.4) is 0 Å². The van der Waals surface area contributed by atoms with Gasteiger partial charge in [0.1, 0.15) is 17.5 Å². The standard InChI is InChI=1S/C15H10N4O/c16-8-11-13-10(15(20)19-14(11)17)6-7-12(18-13)9-4-2-1-3-5-9/h1-7H,(H3,17,19,20). The van der Waals surface area contributed by atoms with Gasteiger partial charge in [0.25, 0.3) is 5.56 Å². The lowest BCUT2D eigenvalue weighted by Gasteiger charge is -2.05. The van der Waals surface area contributed by atoms with Crippen LogP contribution in [0.1, 0.15) is 5.56 Å². The normalized spacial score (nSPS) is 10.3. The number of aromatic amines is 1. The second-order valence-electron chi connectivity index (χ2n) is 4.31. The topological polar surface area (TPSA) is 95.6 Å². The summed E-state index contributed by atoms with van der Waals surface area (Å²) in [6.45, 7) is 0. The van der Waals surface area contributed by atoms with Crippen LogP contribution < -0.4 is 11.3 Å². The molecule has 3 aromatic rings. The first-order valence-electron chi connectivity index (χ1n) is 5.98. The van der Waals surface area contributed by atoms with E-state index >= 15 is 0 Å². The molecule has 3 N–H and O–H groups in total. The first-order chi connectivity index (χ1) is 9.70. The lowest BCUT2D eigenvalue weighted by molar-refractivity contribution is 1.25. The molecular weight excluding hydrogens is 252 g/mol. The molecule has 0 aliphatic carbocycles. The summed E-state index contributed by atoms with van der Waals surface area (Å²) < 4.78 is 0. The van der Waals surface area contributed by atoms with Gasteiger partial charge in [-0.2, -0.15) is 5.26 Å². The second-order valence-corrected chi connectivity index (χ2v) is 4.31. The third kappa shape index (κ3) is 1.80. The van der Waals surface area contributed by atoms with E-state index in [-0.39, 0.29) is 16.9 Å². The minimum atomic E-state index is -0.344. The quantitative estimate of drug-likeness (QED) is 0.701. The number of H-pyrrole nitrogens is 1. The Bertz CT molecular complexity index is 891. The van der Waals surface area contributed by atoms with E-state index in [0.29, 0.717) is 16.6 Å². The van der Waals surface area contributed by atoms with Gasteiger partial charge in [0.15, 0.2) is 0 Å². The highest BCUT2D eigenvalue weighted by Gasteiger charge is 2.11. The maximum absolute atomic E-state index is 11.8. The van der Waals surface area contributed by atoms with Gasteiger partial charge in [-0.1, -0.05) is 30.3 Å². The van der Waals surface area contributed by atoms with E-state index in [1.54, 1.807) is 12.1 Å². The van der Waals surface area contributed by atoms with Crippen molar-refractivity contribution in [3.63, 3.8) is 0 Å². The molecule has 0 unspecified atom stereocenters. The number of hydrogen-bond acceptors (Lipinski definition) is 4. The zero-order chi connectivity index (χ0) is 14.1. The predicted octanol–water partition coefficient (Wildman–Crippen LogP) is 2.04. The molecule has 2 heterocycles. The van der Waals surface area contributed by atoms with E-state index in [4.69, 9.17) is 5.73 Å². The number of nitrogens with one attached hydrogen (secondary N) is 1. The predicted molar refractivity (Wildman–Crippen MR) is 76.9 cm³/mol. The summed E-state index contributed by atoms with van der Waals surface area (Å²) in [5.41, 5.74) is 7.45. The molecule has 0 amide bonds. The van der Waals surface area contributed by atoms with Crippen molar-refractivity contribution < 1.29 is 0 Å². The molecular formula is C15H10N4O. The maximum Gasteiger partial charge on any atom is 0.259 e. The average Bonchev–Trinajstić information content (AvgIpc) is 2.48. The van der Waals surface area contributed by atoms with Crippen LogP contribution in [0.4, 0.5) is 5.82 Å². The van der Waals surface area contributed by atoms with Crippen molar-refractivity contribution in [2.45, 2.75) is 0 Å². The number of hydrogen-bond donors (Lipinski definition) is 2. The molecule has 0 fully saturated rings. The smallest absolute Gasteiger partial charge is 0.259 e. The van der Waals surface area contributed by atoms with Gasteiger partial charge in [-0.25, -0.2) is 4.98 Å². The van der Waals surface area contributed by atoms with Crippen LogP contribution in [0, 0.1) is 11.3 Å². The highest BCUT2D eigenvalue weighted by molar-refractivity contribution is 5.88. The maximum atomic E-state index is 11.8. The number of benzene rings is 1. The van der Waals surface area contributed by atoms with Crippen molar-refractivity contribution in [1.82, 2.24) is 9.97 Å². The van der Waals surface area contributed by atoms with E-state index in [1.165, 1.54) is 0 Å². The van der Waals surface area contributed by atoms with Gasteiger partial charge in [0.2, 0.25) is 0 Å². The van der Waals surface area contributed by atoms with E-state index in [2.05, 4.69) is 9.97 Å². The molecule has 3 rings (SSSR count). The lowest BCUT2D eigenvalue weighted by atomic mass is 10.1. The zero-order valence-electron chi connectivity index (χ0n) is 10.4. The summed E-state index contributed by atoms with van der Waals surface area (Å²) in [5, 5.41) is 9.53. The molecule has 0 spiro atoms. The first-order valence-corrected chi connectivity index (χ1v) is 5.98. The van der Waals surface area contributed by atoms with Crippen LogP contribution in [0.25, 0.3) is 22.2 Å². The van der Waals surface area contributed by atoms with E-state index in [1.807, 2.05) is 36.4 Å². The third-order valence-electron chi connectivity index (χ3n) is 3.08. The summed E-state index contributed by atoms with van der Waals surface area (Å²) in [6.07, 6.45) is 0. The number of nitrogens with two attached hydrogens (primary N) is 1. The molecule has 96 valence electrons. The van der Waals surface area contributed by atoms with Gasteiger partial charge < -0.3 is 10.7 Å². The average molecular weight is 262 g/mol. The first kappa shape index (κ1) is 11.9. The molecule has 0 aliphatic rings. The summed E-state index contributed by atoms with van der Waals surface area (Å²) in [6, 6.07) is 14.9. The Labute approximate surface area is 114 Å². The number of fused-ring (bicyclic) bond motifs is 1.